The molecule has 0 bridgehead atoms. The normalized spacial score (nSPS) is 18.7. The zero-order valence-corrected chi connectivity index (χ0v) is 13.0. The number of likely N-dealkylation sites (tertiary alicyclic amines) is 1. The summed E-state index contributed by atoms with van der Waals surface area (Å²) in [5, 5.41) is 0.663. The fourth-order valence-corrected chi connectivity index (χ4v) is 3.35. The molecule has 6 nitrogen and oxygen atoms in total. The van der Waals surface area contributed by atoms with E-state index in [0.29, 0.717) is 17.8 Å². The highest BCUT2D eigenvalue weighted by Crippen LogP contribution is 2.31. The van der Waals surface area contributed by atoms with E-state index in [-0.39, 0.29) is 11.6 Å². The Labute approximate surface area is 133 Å². The van der Waals surface area contributed by atoms with Gasteiger partial charge in [-0.15, -0.1) is 0 Å². The van der Waals surface area contributed by atoms with Crippen molar-refractivity contribution in [3.8, 4) is 0 Å². The average Bonchev–Trinajstić information content (AvgIpc) is 3.23. The van der Waals surface area contributed by atoms with Gasteiger partial charge in [-0.3, -0.25) is 14.3 Å². The van der Waals surface area contributed by atoms with Gasteiger partial charge < -0.3 is 4.42 Å². The number of fused-ring (bicyclic) bond motifs is 1. The van der Waals surface area contributed by atoms with Crippen molar-refractivity contribution >= 4 is 10.9 Å². The molecule has 1 aliphatic heterocycles. The minimum absolute atomic E-state index is 0.00794. The minimum atomic E-state index is 0.00794. The third-order valence-electron chi connectivity index (χ3n) is 4.50. The van der Waals surface area contributed by atoms with E-state index in [1.807, 2.05) is 24.3 Å². The number of hydrogen-bond acceptors (Lipinski definition) is 5. The van der Waals surface area contributed by atoms with E-state index in [1.54, 1.807) is 24.1 Å². The second kappa shape index (κ2) is 5.62. The molecule has 1 fully saturated rings. The van der Waals surface area contributed by atoms with Crippen molar-refractivity contribution in [1.29, 1.82) is 0 Å². The highest BCUT2D eigenvalue weighted by Gasteiger charge is 2.30. The summed E-state index contributed by atoms with van der Waals surface area (Å²) in [6.45, 7) is 1.59. The summed E-state index contributed by atoms with van der Waals surface area (Å²) in [5.74, 6) is 1.51. The fourth-order valence-electron chi connectivity index (χ4n) is 3.35. The molecular formula is C17H18N4O2. The first-order valence-corrected chi connectivity index (χ1v) is 7.82. The Morgan fingerprint density at radius 1 is 1.35 bits per heavy atom. The third-order valence-corrected chi connectivity index (χ3v) is 4.50. The first-order chi connectivity index (χ1) is 11.2. The fraction of sp³-hybridized carbons (Fsp3) is 0.353. The van der Waals surface area contributed by atoms with E-state index in [1.165, 1.54) is 0 Å². The second-order valence-electron chi connectivity index (χ2n) is 5.91. The molecule has 6 heteroatoms. The number of benzene rings is 1. The van der Waals surface area contributed by atoms with E-state index < -0.39 is 0 Å². The molecule has 23 heavy (non-hydrogen) atoms. The predicted octanol–water partition coefficient (Wildman–Crippen LogP) is 2.26. The number of para-hydroxylation sites is 1. The number of nitrogens with zero attached hydrogens (tertiary/aromatic N) is 4. The number of rotatable bonds is 3. The molecule has 1 unspecified atom stereocenters. The van der Waals surface area contributed by atoms with Gasteiger partial charge in [-0.1, -0.05) is 12.1 Å². The molecule has 1 aliphatic rings. The van der Waals surface area contributed by atoms with Crippen molar-refractivity contribution in [1.82, 2.24) is 19.4 Å². The molecular weight excluding hydrogens is 292 g/mol. The molecule has 0 amide bonds. The van der Waals surface area contributed by atoms with Crippen LogP contribution in [0.4, 0.5) is 0 Å². The third kappa shape index (κ3) is 2.45. The lowest BCUT2D eigenvalue weighted by Crippen LogP contribution is -2.30. The van der Waals surface area contributed by atoms with Crippen molar-refractivity contribution in [2.75, 3.05) is 6.54 Å². The monoisotopic (exact) mass is 310 g/mol. The standard InChI is InChI=1S/C17H18N4O2/c1-20-16(19-13-6-3-2-5-12(13)17(20)22)14-7-4-9-21(14)11-15-18-8-10-23-15/h2-3,5-6,8,10,14H,4,7,9,11H2,1H3. The summed E-state index contributed by atoms with van der Waals surface area (Å²) < 4.78 is 7.04. The van der Waals surface area contributed by atoms with Gasteiger partial charge in [-0.25, -0.2) is 9.97 Å². The molecule has 0 saturated carbocycles. The Morgan fingerprint density at radius 3 is 3.04 bits per heavy atom. The van der Waals surface area contributed by atoms with Crippen LogP contribution in [0.5, 0.6) is 0 Å². The molecule has 1 saturated heterocycles. The van der Waals surface area contributed by atoms with Crippen LogP contribution < -0.4 is 5.56 Å². The molecule has 0 spiro atoms. The van der Waals surface area contributed by atoms with Gasteiger partial charge in [0.1, 0.15) is 12.1 Å². The molecule has 0 aliphatic carbocycles. The Bertz CT molecular complexity index is 885. The van der Waals surface area contributed by atoms with Crippen molar-refractivity contribution < 1.29 is 4.42 Å². The minimum Gasteiger partial charge on any atom is -0.448 e. The predicted molar refractivity (Wildman–Crippen MR) is 85.9 cm³/mol. The SMILES string of the molecule is Cn1c(C2CCCN2Cc2ncco2)nc2ccccc2c1=O. The van der Waals surface area contributed by atoms with Crippen LogP contribution in [0.2, 0.25) is 0 Å². The lowest BCUT2D eigenvalue weighted by Gasteiger charge is -2.24. The number of aromatic nitrogens is 3. The zero-order chi connectivity index (χ0) is 15.8. The maximum absolute atomic E-state index is 12.6. The van der Waals surface area contributed by atoms with Gasteiger partial charge >= 0.3 is 0 Å². The Morgan fingerprint density at radius 2 is 2.22 bits per heavy atom. The van der Waals surface area contributed by atoms with Gasteiger partial charge in [0.05, 0.1) is 29.7 Å². The summed E-state index contributed by atoms with van der Waals surface area (Å²) >= 11 is 0. The van der Waals surface area contributed by atoms with E-state index in [9.17, 15) is 4.79 Å². The van der Waals surface area contributed by atoms with Gasteiger partial charge in [0, 0.05) is 7.05 Å². The summed E-state index contributed by atoms with van der Waals surface area (Å²) in [6, 6.07) is 7.62. The van der Waals surface area contributed by atoms with Crippen LogP contribution in [0.15, 0.2) is 45.9 Å². The van der Waals surface area contributed by atoms with Crippen molar-refractivity contribution in [3.05, 3.63) is 58.8 Å². The summed E-state index contributed by atoms with van der Waals surface area (Å²) in [6.07, 6.45) is 5.31. The topological polar surface area (TPSA) is 64.2 Å². The van der Waals surface area contributed by atoms with Crippen LogP contribution in [0.3, 0.4) is 0 Å². The van der Waals surface area contributed by atoms with Crippen LogP contribution in [-0.4, -0.2) is 26.0 Å². The van der Waals surface area contributed by atoms with Gasteiger partial charge in [-0.05, 0) is 31.5 Å². The molecule has 3 aromatic rings. The van der Waals surface area contributed by atoms with Crippen LogP contribution in [-0.2, 0) is 13.6 Å². The molecule has 4 rings (SSSR count). The van der Waals surface area contributed by atoms with E-state index in [2.05, 4.69) is 9.88 Å². The Hall–Kier alpha value is -2.47. The summed E-state index contributed by atoms with van der Waals surface area (Å²) in [7, 11) is 1.80. The van der Waals surface area contributed by atoms with Crippen molar-refractivity contribution in [2.45, 2.75) is 25.4 Å². The molecule has 3 heterocycles. The first kappa shape index (κ1) is 14.1. The first-order valence-electron chi connectivity index (χ1n) is 7.82. The average molecular weight is 310 g/mol. The van der Waals surface area contributed by atoms with E-state index >= 15 is 0 Å². The number of oxazole rings is 1. The summed E-state index contributed by atoms with van der Waals surface area (Å²) in [5.41, 5.74) is 0.766. The Balaban J connectivity index is 1.75. The quantitative estimate of drug-likeness (QED) is 0.742. The van der Waals surface area contributed by atoms with Crippen molar-refractivity contribution in [2.24, 2.45) is 7.05 Å². The maximum Gasteiger partial charge on any atom is 0.261 e. The van der Waals surface area contributed by atoms with Crippen LogP contribution in [0.25, 0.3) is 10.9 Å². The highest BCUT2D eigenvalue weighted by atomic mass is 16.3. The second-order valence-corrected chi connectivity index (χ2v) is 5.91. The van der Waals surface area contributed by atoms with Crippen LogP contribution >= 0.6 is 0 Å². The lowest BCUT2D eigenvalue weighted by atomic mass is 10.1. The van der Waals surface area contributed by atoms with Crippen LogP contribution in [0.1, 0.15) is 30.6 Å². The van der Waals surface area contributed by atoms with Gasteiger partial charge in [0.25, 0.3) is 5.56 Å². The van der Waals surface area contributed by atoms with E-state index in [4.69, 9.17) is 9.40 Å². The van der Waals surface area contributed by atoms with Crippen molar-refractivity contribution in [3.63, 3.8) is 0 Å². The van der Waals surface area contributed by atoms with Crippen LogP contribution in [0, 0.1) is 0 Å². The molecule has 0 radical (unpaired) electrons. The lowest BCUT2D eigenvalue weighted by molar-refractivity contribution is 0.212. The Kier molecular flexibility index (Phi) is 3.46. The molecule has 1 atom stereocenters. The number of hydrogen-bond donors (Lipinski definition) is 0. The van der Waals surface area contributed by atoms with Gasteiger partial charge in [0.15, 0.2) is 0 Å². The van der Waals surface area contributed by atoms with Gasteiger partial charge in [-0.2, -0.15) is 0 Å². The highest BCUT2D eigenvalue weighted by molar-refractivity contribution is 5.77. The molecule has 1 aromatic carbocycles. The summed E-state index contributed by atoms with van der Waals surface area (Å²) in [4.78, 5) is 23.9. The smallest absolute Gasteiger partial charge is 0.261 e. The van der Waals surface area contributed by atoms with Gasteiger partial charge in [0.2, 0.25) is 5.89 Å². The molecule has 118 valence electrons. The molecule has 2 aromatic heterocycles. The largest absolute Gasteiger partial charge is 0.448 e. The zero-order valence-electron chi connectivity index (χ0n) is 13.0. The van der Waals surface area contributed by atoms with E-state index in [0.717, 1.165) is 30.7 Å². The maximum atomic E-state index is 12.6. The molecule has 0 N–H and O–H groups in total.